The fourth-order valence-corrected chi connectivity index (χ4v) is 9.35. The van der Waals surface area contributed by atoms with Gasteiger partial charge in [-0.3, -0.25) is 0 Å². The van der Waals surface area contributed by atoms with Gasteiger partial charge in [0.05, 0.1) is 12.7 Å². The second-order valence-electron chi connectivity index (χ2n) is 12.7. The SMILES string of the molecule is O=C(Nc1c2c(cc3c1CCC3)CCC2)NS(=O)(=NC(c1ccccc1)(c1ccccc1)c1ccccc1)c1cnn2c1OC[C@H](O)C2. The lowest BCUT2D eigenvalue weighted by Gasteiger charge is -2.33. The van der Waals surface area contributed by atoms with Crippen molar-refractivity contribution < 1.29 is 18.8 Å². The number of amides is 2. The fourth-order valence-electron chi connectivity index (χ4n) is 7.50. The first-order chi connectivity index (χ1) is 23.4. The summed E-state index contributed by atoms with van der Waals surface area (Å²) in [5, 5.41) is 17.9. The fraction of sp³-hybridized carbons (Fsp3) is 0.263. The Morgan fingerprint density at radius 1 is 0.854 bits per heavy atom. The van der Waals surface area contributed by atoms with Gasteiger partial charge in [0.25, 0.3) is 0 Å². The predicted octanol–water partition coefficient (Wildman–Crippen LogP) is 6.17. The van der Waals surface area contributed by atoms with E-state index in [0.29, 0.717) is 0 Å². The number of carbonyl (C=O) groups excluding carboxylic acids is 1. The average Bonchev–Trinajstić information content (AvgIpc) is 3.88. The van der Waals surface area contributed by atoms with Crippen LogP contribution in [-0.2, 0) is 47.7 Å². The molecule has 1 unspecified atom stereocenters. The number of urea groups is 1. The van der Waals surface area contributed by atoms with Crippen molar-refractivity contribution >= 4 is 21.6 Å². The highest BCUT2D eigenvalue weighted by molar-refractivity contribution is 7.92. The molecule has 2 atom stereocenters. The number of aromatic nitrogens is 2. The van der Waals surface area contributed by atoms with Gasteiger partial charge in [0.15, 0.2) is 9.92 Å². The van der Waals surface area contributed by atoms with Crippen LogP contribution < -0.4 is 14.8 Å². The van der Waals surface area contributed by atoms with Gasteiger partial charge in [0, 0.05) is 5.69 Å². The van der Waals surface area contributed by atoms with Crippen molar-refractivity contribution in [2.45, 2.75) is 61.6 Å². The Bertz CT molecular complexity index is 1980. The zero-order chi connectivity index (χ0) is 32.7. The van der Waals surface area contributed by atoms with Crippen molar-refractivity contribution in [2.75, 3.05) is 11.9 Å². The third-order valence-corrected chi connectivity index (χ3v) is 11.5. The highest BCUT2D eigenvalue weighted by atomic mass is 32.2. The van der Waals surface area contributed by atoms with Crippen LogP contribution in [-0.4, -0.2) is 37.8 Å². The summed E-state index contributed by atoms with van der Waals surface area (Å²) in [5.41, 5.74) is 6.74. The molecule has 2 heterocycles. The van der Waals surface area contributed by atoms with Gasteiger partial charge in [-0.05, 0) is 77.5 Å². The standard InChI is InChI=1S/C38H37N5O4S/c44-31-24-43-36(47-25-31)34(23-39-43)48(46,41-37(45)40-35-32-20-10-12-26(32)22-27-13-11-21-33(27)35)42-38(28-14-4-1-5-15-28,29-16-6-2-7-17-29)30-18-8-3-9-19-30/h1-9,14-19,22-23,31,44H,10-13,20-21,24-25H2,(H2,40,41,42,45,46)/t31-,48?/m1/s1. The van der Waals surface area contributed by atoms with Crippen LogP contribution in [0.2, 0.25) is 0 Å². The van der Waals surface area contributed by atoms with E-state index in [-0.39, 0.29) is 23.9 Å². The van der Waals surface area contributed by atoms with E-state index in [4.69, 9.17) is 9.10 Å². The van der Waals surface area contributed by atoms with Gasteiger partial charge in [0.1, 0.15) is 23.1 Å². The monoisotopic (exact) mass is 659 g/mol. The van der Waals surface area contributed by atoms with Crippen LogP contribution in [0.4, 0.5) is 10.5 Å². The maximum absolute atomic E-state index is 15.9. The molecular weight excluding hydrogens is 623 g/mol. The average molecular weight is 660 g/mol. The topological polar surface area (TPSA) is 118 Å². The number of carbonyl (C=O) groups is 1. The number of nitrogens with zero attached hydrogens (tertiary/aromatic N) is 3. The van der Waals surface area contributed by atoms with Crippen LogP contribution >= 0.6 is 0 Å². The number of fused-ring (bicyclic) bond motifs is 3. The van der Waals surface area contributed by atoms with Crippen LogP contribution in [0.5, 0.6) is 5.88 Å². The Morgan fingerprint density at radius 2 is 1.40 bits per heavy atom. The Labute approximate surface area is 280 Å². The zero-order valence-corrected chi connectivity index (χ0v) is 27.3. The largest absolute Gasteiger partial charge is 0.474 e. The van der Waals surface area contributed by atoms with Gasteiger partial charge in [0.2, 0.25) is 5.88 Å². The summed E-state index contributed by atoms with van der Waals surface area (Å²) >= 11 is 0. The Hall–Kier alpha value is -4.93. The summed E-state index contributed by atoms with van der Waals surface area (Å²) < 4.78 is 31.5. The van der Waals surface area contributed by atoms with Crippen LogP contribution in [0.3, 0.4) is 0 Å². The molecule has 2 aliphatic carbocycles. The van der Waals surface area contributed by atoms with Crippen LogP contribution in [0.25, 0.3) is 0 Å². The van der Waals surface area contributed by atoms with Gasteiger partial charge in [-0.15, -0.1) is 0 Å². The number of hydrogen-bond acceptors (Lipinski definition) is 6. The minimum Gasteiger partial charge on any atom is -0.474 e. The molecule has 8 rings (SSSR count). The molecule has 0 saturated carbocycles. The molecule has 0 saturated heterocycles. The second kappa shape index (κ2) is 12.3. The molecule has 4 aromatic carbocycles. The molecule has 2 amide bonds. The van der Waals surface area contributed by atoms with E-state index in [9.17, 15) is 9.90 Å². The maximum Gasteiger partial charge on any atom is 0.331 e. The Kier molecular flexibility index (Phi) is 7.77. The van der Waals surface area contributed by atoms with Gasteiger partial charge in [-0.2, -0.15) is 9.46 Å². The van der Waals surface area contributed by atoms with Gasteiger partial charge in [-0.25, -0.2) is 18.4 Å². The van der Waals surface area contributed by atoms with E-state index in [0.717, 1.165) is 60.9 Å². The number of aryl methyl sites for hydroxylation is 2. The lowest BCUT2D eigenvalue weighted by molar-refractivity contribution is 0.0538. The molecule has 1 aliphatic heterocycles. The van der Waals surface area contributed by atoms with Crippen LogP contribution in [0.15, 0.2) is 113 Å². The molecule has 48 heavy (non-hydrogen) atoms. The van der Waals surface area contributed by atoms with Crippen molar-refractivity contribution in [2.24, 2.45) is 4.36 Å². The van der Waals surface area contributed by atoms with E-state index in [2.05, 4.69) is 21.2 Å². The Morgan fingerprint density at radius 3 is 1.94 bits per heavy atom. The summed E-state index contributed by atoms with van der Waals surface area (Å²) in [6.45, 7) is 0.171. The first-order valence-corrected chi connectivity index (χ1v) is 18.0. The molecule has 9 nitrogen and oxygen atoms in total. The minimum atomic E-state index is -3.86. The first kappa shape index (κ1) is 30.4. The third kappa shape index (κ3) is 5.25. The molecule has 1 aromatic heterocycles. The van der Waals surface area contributed by atoms with E-state index in [1.165, 1.54) is 33.1 Å². The van der Waals surface area contributed by atoms with E-state index in [1.807, 2.05) is 91.0 Å². The molecular formula is C38H37N5O4S. The second-order valence-corrected chi connectivity index (χ2v) is 14.6. The van der Waals surface area contributed by atoms with E-state index in [1.54, 1.807) is 0 Å². The van der Waals surface area contributed by atoms with Crippen molar-refractivity contribution in [3.05, 3.63) is 142 Å². The number of nitrogens with one attached hydrogen (secondary N) is 2. The number of aliphatic hydroxyl groups is 1. The molecule has 5 aromatic rings. The first-order valence-electron chi connectivity index (χ1n) is 16.5. The summed E-state index contributed by atoms with van der Waals surface area (Å²) in [6, 6.07) is 30.8. The maximum atomic E-state index is 15.9. The van der Waals surface area contributed by atoms with Crippen molar-refractivity contribution in [3.63, 3.8) is 0 Å². The van der Waals surface area contributed by atoms with Crippen molar-refractivity contribution in [3.8, 4) is 5.88 Å². The quantitative estimate of drug-likeness (QED) is 0.181. The molecule has 3 aliphatic rings. The summed E-state index contributed by atoms with van der Waals surface area (Å²) in [5.74, 6) is 0.207. The number of anilines is 1. The van der Waals surface area contributed by atoms with Crippen LogP contribution in [0, 0.1) is 0 Å². The van der Waals surface area contributed by atoms with Gasteiger partial charge in [-0.1, -0.05) is 97.1 Å². The summed E-state index contributed by atoms with van der Waals surface area (Å²) in [6.07, 6.45) is 6.51. The van der Waals surface area contributed by atoms with E-state index < -0.39 is 27.6 Å². The highest BCUT2D eigenvalue weighted by Gasteiger charge is 2.41. The Balaban J connectivity index is 1.34. The number of hydrogen-bond donors (Lipinski definition) is 3. The lowest BCUT2D eigenvalue weighted by Crippen LogP contribution is -2.39. The molecule has 244 valence electrons. The normalized spacial score (nSPS) is 17.7. The van der Waals surface area contributed by atoms with E-state index >= 15 is 4.21 Å². The molecule has 0 fully saturated rings. The summed E-state index contributed by atoms with van der Waals surface area (Å²) in [7, 11) is -3.86. The van der Waals surface area contributed by atoms with Crippen molar-refractivity contribution in [1.82, 2.24) is 14.5 Å². The lowest BCUT2D eigenvalue weighted by atomic mass is 9.78. The highest BCUT2D eigenvalue weighted by Crippen LogP contribution is 2.44. The third-order valence-electron chi connectivity index (χ3n) is 9.64. The number of ether oxygens (including phenoxy) is 1. The summed E-state index contributed by atoms with van der Waals surface area (Å²) in [4.78, 5) is 14.4. The molecule has 0 bridgehead atoms. The number of aliphatic hydroxyl groups excluding tert-OH is 1. The predicted molar refractivity (Wildman–Crippen MR) is 184 cm³/mol. The van der Waals surface area contributed by atoms with Crippen LogP contribution in [0.1, 0.15) is 51.8 Å². The molecule has 0 spiro atoms. The zero-order valence-electron chi connectivity index (χ0n) is 26.5. The van der Waals surface area contributed by atoms with Gasteiger partial charge >= 0.3 is 6.03 Å². The smallest absolute Gasteiger partial charge is 0.331 e. The minimum absolute atomic E-state index is 0.00387. The number of rotatable bonds is 7. The molecule has 3 N–H and O–H groups in total. The molecule has 10 heteroatoms. The number of benzene rings is 4. The van der Waals surface area contributed by atoms with Crippen molar-refractivity contribution in [1.29, 1.82) is 0 Å². The molecule has 0 radical (unpaired) electrons. The van der Waals surface area contributed by atoms with Gasteiger partial charge < -0.3 is 15.2 Å².